The van der Waals surface area contributed by atoms with Crippen LogP contribution in [-0.4, -0.2) is 70.0 Å². The molecule has 0 saturated heterocycles. The average molecular weight is 1260 g/mol. The maximum atomic E-state index is 12.9. The Labute approximate surface area is 552 Å². The Balaban J connectivity index is 4.17. The van der Waals surface area contributed by atoms with Crippen LogP contribution in [-0.2, 0) is 32.7 Å². The molecule has 508 valence electrons. The number of carbonyl (C=O) groups excluding carboxylic acids is 2. The largest absolute Gasteiger partial charge is 0.756 e. The van der Waals surface area contributed by atoms with Gasteiger partial charge in [-0.1, -0.05) is 292 Å². The zero-order chi connectivity index (χ0) is 65.5. The Morgan fingerprint density at radius 2 is 0.600 bits per heavy atom. The van der Waals surface area contributed by atoms with Crippen LogP contribution >= 0.6 is 7.82 Å². The molecular weight excluding hydrogens is 1130 g/mol. The first-order valence-electron chi connectivity index (χ1n) is 35.5. The number of unbranched alkanes of at least 4 members (excludes halogenated alkanes) is 19. The van der Waals surface area contributed by atoms with Crippen LogP contribution in [0.25, 0.3) is 0 Å². The van der Waals surface area contributed by atoms with Crippen molar-refractivity contribution in [2.75, 3.05) is 47.5 Å². The topological polar surface area (TPSA) is 111 Å². The number of carbonyl (C=O) groups is 2. The van der Waals surface area contributed by atoms with E-state index in [1.807, 2.05) is 21.1 Å². The van der Waals surface area contributed by atoms with E-state index in [1.165, 1.54) is 70.6 Å². The zero-order valence-electron chi connectivity index (χ0n) is 57.8. The van der Waals surface area contributed by atoms with Crippen LogP contribution in [0.1, 0.15) is 258 Å². The maximum Gasteiger partial charge on any atom is 0.306 e. The maximum absolute atomic E-state index is 12.9. The summed E-state index contributed by atoms with van der Waals surface area (Å²) in [6.07, 6.45) is 105. The smallest absolute Gasteiger partial charge is 0.306 e. The lowest BCUT2D eigenvalue weighted by atomic mass is 10.0. The number of likely N-dealkylation sites (N-methyl/N-ethyl adjacent to an activating group) is 1. The summed E-state index contributed by atoms with van der Waals surface area (Å²) < 4.78 is 34.3. The Kier molecular flexibility index (Phi) is 64.8. The summed E-state index contributed by atoms with van der Waals surface area (Å²) in [4.78, 5) is 38.1. The molecule has 0 bridgehead atoms. The first kappa shape index (κ1) is 85.1. The van der Waals surface area contributed by atoms with Gasteiger partial charge in [0.15, 0.2) is 6.10 Å². The second kappa shape index (κ2) is 68.5. The summed E-state index contributed by atoms with van der Waals surface area (Å²) >= 11 is 0. The van der Waals surface area contributed by atoms with Gasteiger partial charge in [0, 0.05) is 12.8 Å². The predicted molar refractivity (Wildman–Crippen MR) is 387 cm³/mol. The number of hydrogen-bond donors (Lipinski definition) is 0. The molecule has 0 aliphatic heterocycles. The summed E-state index contributed by atoms with van der Waals surface area (Å²) in [5, 5.41) is 0. The van der Waals surface area contributed by atoms with Gasteiger partial charge in [0.25, 0.3) is 7.82 Å². The molecule has 0 aromatic rings. The summed E-state index contributed by atoms with van der Waals surface area (Å²) in [5.41, 5.74) is 0. The van der Waals surface area contributed by atoms with Gasteiger partial charge in [-0.2, -0.15) is 0 Å². The number of allylic oxidation sites excluding steroid dienone is 30. The molecule has 0 aliphatic rings. The van der Waals surface area contributed by atoms with Crippen molar-refractivity contribution in [2.45, 2.75) is 264 Å². The Morgan fingerprint density at radius 1 is 0.344 bits per heavy atom. The van der Waals surface area contributed by atoms with Gasteiger partial charge < -0.3 is 27.9 Å². The van der Waals surface area contributed by atoms with Crippen molar-refractivity contribution in [1.29, 1.82) is 0 Å². The number of phosphoric acid groups is 1. The van der Waals surface area contributed by atoms with Crippen LogP contribution in [0.5, 0.6) is 0 Å². The normalized spacial score (nSPS) is 14.2. The summed E-state index contributed by atoms with van der Waals surface area (Å²) in [6.45, 7) is 3.98. The van der Waals surface area contributed by atoms with Crippen molar-refractivity contribution in [3.8, 4) is 0 Å². The predicted octanol–water partition coefficient (Wildman–Crippen LogP) is 22.9. The fourth-order valence-electron chi connectivity index (χ4n) is 9.06. The van der Waals surface area contributed by atoms with E-state index in [-0.39, 0.29) is 26.1 Å². The highest BCUT2D eigenvalue weighted by Crippen LogP contribution is 2.38. The molecule has 0 rings (SSSR count). The minimum Gasteiger partial charge on any atom is -0.756 e. The van der Waals surface area contributed by atoms with Crippen LogP contribution in [0.3, 0.4) is 0 Å². The Hall–Kier alpha value is -4.89. The van der Waals surface area contributed by atoms with Gasteiger partial charge in [-0.25, -0.2) is 0 Å². The fourth-order valence-corrected chi connectivity index (χ4v) is 9.79. The number of phosphoric ester groups is 1. The van der Waals surface area contributed by atoms with E-state index in [0.717, 1.165) is 154 Å². The van der Waals surface area contributed by atoms with Gasteiger partial charge in [0.2, 0.25) is 0 Å². The zero-order valence-corrected chi connectivity index (χ0v) is 58.7. The van der Waals surface area contributed by atoms with Crippen LogP contribution in [0.2, 0.25) is 0 Å². The van der Waals surface area contributed by atoms with Crippen molar-refractivity contribution < 1.29 is 42.1 Å². The van der Waals surface area contributed by atoms with Crippen molar-refractivity contribution in [2.24, 2.45) is 0 Å². The van der Waals surface area contributed by atoms with Crippen molar-refractivity contribution in [3.05, 3.63) is 182 Å². The highest BCUT2D eigenvalue weighted by atomic mass is 31.2. The number of esters is 2. The lowest BCUT2D eigenvalue weighted by Gasteiger charge is -2.28. The second-order valence-electron chi connectivity index (χ2n) is 24.1. The molecule has 0 aromatic heterocycles. The number of rotatable bonds is 63. The molecule has 0 heterocycles. The van der Waals surface area contributed by atoms with E-state index < -0.39 is 32.5 Å². The molecule has 0 aromatic carbocycles. The molecule has 0 amide bonds. The first-order valence-corrected chi connectivity index (χ1v) is 37.0. The SMILES string of the molecule is CC/C=C\C/C=C\C/C=C\C/C=C\C/C=C\C/C=C\C/C=C\C/C=C\C/C=C\C/C=C\C/C=C\CCCCCCCC(=O)OC(COC(=O)CCCCCCCCCCCCCCCC/C=C\C/C=C\C/C=C\C/C=C\CC)COP(=O)([O-])OCC[N+](C)(C)C. The van der Waals surface area contributed by atoms with E-state index >= 15 is 0 Å². The van der Waals surface area contributed by atoms with Crippen molar-refractivity contribution >= 4 is 19.8 Å². The molecule has 2 unspecified atom stereocenters. The highest BCUT2D eigenvalue weighted by Gasteiger charge is 2.22. The van der Waals surface area contributed by atoms with E-state index in [2.05, 4.69) is 196 Å². The van der Waals surface area contributed by atoms with Gasteiger partial charge in [0.05, 0.1) is 27.7 Å². The van der Waals surface area contributed by atoms with Crippen LogP contribution < -0.4 is 4.89 Å². The molecule has 90 heavy (non-hydrogen) atoms. The van der Waals surface area contributed by atoms with Gasteiger partial charge in [-0.3, -0.25) is 14.2 Å². The lowest BCUT2D eigenvalue weighted by Crippen LogP contribution is -2.37. The van der Waals surface area contributed by atoms with Crippen LogP contribution in [0, 0.1) is 0 Å². The molecule has 2 atom stereocenters. The highest BCUT2D eigenvalue weighted by molar-refractivity contribution is 7.45. The van der Waals surface area contributed by atoms with Gasteiger partial charge in [-0.05, 0) is 135 Å². The summed E-state index contributed by atoms with van der Waals surface area (Å²) in [5.74, 6) is -0.865. The van der Waals surface area contributed by atoms with E-state index in [0.29, 0.717) is 17.4 Å². The molecule has 0 aliphatic carbocycles. The molecule has 9 nitrogen and oxygen atoms in total. The number of ether oxygens (including phenoxy) is 2. The standard InChI is InChI=1S/C80H130NO8P/c1-6-8-10-12-14-16-18-20-22-24-26-28-30-32-34-35-36-37-38-39-40-41-42-43-44-45-47-49-51-53-55-57-59-61-63-65-67-69-71-73-80(83)89-78(77-88-90(84,85)87-75-74-81(3,4)5)76-86-79(82)72-70-68-66-64-62-60-58-56-54-52-50-48-46-33-31-29-27-25-23-21-19-17-15-13-11-9-7-2/h8-11,14-17,20-23,26-29,32,34,36-37,39-40,42-43,45,47,51,53,57,59,78H,6-7,12-13,18-19,24-25,30-31,33,35,38,41,44,46,48-50,52,54-56,58,60-77H2,1-5H3/b10-8-,11-9-,16-14-,17-15-,22-20-,23-21-,28-26-,29-27-,34-32-,37-36-,40-39-,43-42-,47-45-,53-51-,59-57-. The van der Waals surface area contributed by atoms with Crippen LogP contribution in [0.15, 0.2) is 182 Å². The van der Waals surface area contributed by atoms with Gasteiger partial charge in [-0.15, -0.1) is 0 Å². The number of nitrogens with zero attached hydrogens (tertiary/aromatic N) is 1. The Bertz CT molecular complexity index is 2170. The molecular formula is C80H130NO8P. The van der Waals surface area contributed by atoms with Crippen LogP contribution in [0.4, 0.5) is 0 Å². The molecule has 0 fully saturated rings. The second-order valence-corrected chi connectivity index (χ2v) is 25.5. The minimum atomic E-state index is -4.66. The van der Waals surface area contributed by atoms with Crippen molar-refractivity contribution in [3.63, 3.8) is 0 Å². The average Bonchev–Trinajstić information content (AvgIpc) is 3.58. The molecule has 10 heteroatoms. The van der Waals surface area contributed by atoms with Crippen molar-refractivity contribution in [1.82, 2.24) is 0 Å². The lowest BCUT2D eigenvalue weighted by molar-refractivity contribution is -0.870. The Morgan fingerprint density at radius 3 is 0.889 bits per heavy atom. The molecule has 0 radical (unpaired) electrons. The van der Waals surface area contributed by atoms with E-state index in [4.69, 9.17) is 18.5 Å². The van der Waals surface area contributed by atoms with E-state index in [9.17, 15) is 19.0 Å². The molecule has 0 saturated carbocycles. The number of hydrogen-bond acceptors (Lipinski definition) is 8. The minimum absolute atomic E-state index is 0.0442. The third-order valence-corrected chi connectivity index (χ3v) is 15.4. The first-order chi connectivity index (χ1) is 44.0. The molecule has 0 spiro atoms. The van der Waals surface area contributed by atoms with Gasteiger partial charge >= 0.3 is 11.9 Å². The summed E-state index contributed by atoms with van der Waals surface area (Å²) in [6, 6.07) is 0. The van der Waals surface area contributed by atoms with Gasteiger partial charge in [0.1, 0.15) is 19.8 Å². The monoisotopic (exact) mass is 1260 g/mol. The quantitative estimate of drug-likeness (QED) is 0.0195. The molecule has 0 N–H and O–H groups in total. The fraction of sp³-hybridized carbons (Fsp3) is 0.600. The number of quaternary nitrogens is 1. The van der Waals surface area contributed by atoms with E-state index in [1.54, 1.807) is 0 Å². The third-order valence-electron chi connectivity index (χ3n) is 14.4. The summed E-state index contributed by atoms with van der Waals surface area (Å²) in [7, 11) is 1.13. The third kappa shape index (κ3) is 72.2.